The van der Waals surface area contributed by atoms with Gasteiger partial charge in [0.05, 0.1) is 24.0 Å². The topological polar surface area (TPSA) is 107 Å². The van der Waals surface area contributed by atoms with Crippen LogP contribution in [-0.4, -0.2) is 58.1 Å². The number of anilines is 1. The first-order valence-electron chi connectivity index (χ1n) is 13.4. The number of benzene rings is 1. The number of pyridine rings is 1. The molecule has 1 saturated carbocycles. The highest BCUT2D eigenvalue weighted by Gasteiger charge is 2.37. The van der Waals surface area contributed by atoms with Gasteiger partial charge in [0, 0.05) is 48.7 Å². The van der Waals surface area contributed by atoms with Gasteiger partial charge in [-0.05, 0) is 62.6 Å². The molecule has 39 heavy (non-hydrogen) atoms. The zero-order valence-electron chi connectivity index (χ0n) is 22.2. The van der Waals surface area contributed by atoms with Crippen LogP contribution in [0.15, 0.2) is 42.9 Å². The van der Waals surface area contributed by atoms with E-state index in [1.54, 1.807) is 30.5 Å². The molecule has 1 N–H and O–H groups in total. The van der Waals surface area contributed by atoms with E-state index in [0.717, 1.165) is 36.8 Å². The number of amides is 1. The van der Waals surface area contributed by atoms with E-state index in [1.807, 2.05) is 18.2 Å². The van der Waals surface area contributed by atoms with Crippen molar-refractivity contribution in [1.29, 1.82) is 0 Å². The van der Waals surface area contributed by atoms with Gasteiger partial charge in [-0.1, -0.05) is 24.6 Å². The van der Waals surface area contributed by atoms with Crippen LogP contribution in [0.5, 0.6) is 5.75 Å². The van der Waals surface area contributed by atoms with Crippen LogP contribution in [0.4, 0.5) is 5.82 Å². The Morgan fingerprint density at radius 2 is 1.85 bits per heavy atom. The Labute approximate surface area is 232 Å². The fraction of sp³-hybridized carbons (Fsp3) is 0.448. The minimum absolute atomic E-state index is 0.0174. The van der Waals surface area contributed by atoms with Gasteiger partial charge in [-0.25, -0.2) is 9.48 Å². The average Bonchev–Trinajstić information content (AvgIpc) is 3.39. The molecular formula is C29H33ClN4O5. The fourth-order valence-corrected chi connectivity index (χ4v) is 5.77. The van der Waals surface area contributed by atoms with Crippen LogP contribution >= 0.6 is 11.6 Å². The number of carboxylic acids is 1. The molecule has 1 amide bonds. The van der Waals surface area contributed by atoms with Crippen molar-refractivity contribution in [2.45, 2.75) is 51.5 Å². The summed E-state index contributed by atoms with van der Waals surface area (Å²) in [4.78, 5) is 32.2. The summed E-state index contributed by atoms with van der Waals surface area (Å²) in [7, 11) is 1.57. The van der Waals surface area contributed by atoms with Gasteiger partial charge in [-0.15, -0.1) is 5.10 Å². The molecule has 0 unspecified atom stereocenters. The Hall–Kier alpha value is -3.43. The highest BCUT2D eigenvalue weighted by Crippen LogP contribution is 2.35. The molecular weight excluding hydrogens is 520 g/mol. The van der Waals surface area contributed by atoms with E-state index >= 15 is 0 Å². The van der Waals surface area contributed by atoms with E-state index in [2.05, 4.69) is 17.0 Å². The first-order valence-corrected chi connectivity index (χ1v) is 13.8. The summed E-state index contributed by atoms with van der Waals surface area (Å²) >= 11 is 6.66. The number of carbonyl (C=O) groups is 2. The van der Waals surface area contributed by atoms with E-state index in [4.69, 9.17) is 21.1 Å². The van der Waals surface area contributed by atoms with Gasteiger partial charge in [0.2, 0.25) is 5.91 Å². The lowest BCUT2D eigenvalue weighted by Crippen LogP contribution is -2.47. The van der Waals surface area contributed by atoms with Crippen LogP contribution in [-0.2, 0) is 9.53 Å². The van der Waals surface area contributed by atoms with Crippen molar-refractivity contribution < 1.29 is 24.2 Å². The van der Waals surface area contributed by atoms with Crippen LogP contribution < -0.4 is 9.64 Å². The van der Waals surface area contributed by atoms with Gasteiger partial charge in [0.1, 0.15) is 11.3 Å². The number of carboxylic acid groups (broad SMARTS) is 1. The molecule has 0 spiro atoms. The van der Waals surface area contributed by atoms with Crippen LogP contribution in [0, 0.1) is 11.8 Å². The van der Waals surface area contributed by atoms with E-state index in [-0.39, 0.29) is 29.2 Å². The normalized spacial score (nSPS) is 20.0. The number of methoxy groups -OCH3 is 1. The number of rotatable bonds is 7. The van der Waals surface area contributed by atoms with Crippen LogP contribution in [0.1, 0.15) is 55.8 Å². The number of aromatic carboxylic acids is 1. The van der Waals surface area contributed by atoms with Gasteiger partial charge in [0.25, 0.3) is 0 Å². The monoisotopic (exact) mass is 552 g/mol. The molecule has 1 aromatic carbocycles. The third-order valence-electron chi connectivity index (χ3n) is 7.79. The number of hydrogen-bond acceptors (Lipinski definition) is 6. The van der Waals surface area contributed by atoms with Crippen LogP contribution in [0.3, 0.4) is 0 Å². The molecule has 2 fully saturated rings. The van der Waals surface area contributed by atoms with Crippen molar-refractivity contribution in [1.82, 2.24) is 14.8 Å². The molecule has 3 aromatic rings. The van der Waals surface area contributed by atoms with E-state index in [1.165, 1.54) is 10.9 Å². The Kier molecular flexibility index (Phi) is 8.18. The van der Waals surface area contributed by atoms with E-state index < -0.39 is 5.97 Å². The molecule has 0 atom stereocenters. The van der Waals surface area contributed by atoms with Crippen molar-refractivity contribution in [3.05, 3.63) is 53.4 Å². The SMILES string of the molecule is COc1cncc(-c2ccc(-n3cc(C(=O)O)c(N(C(=O)[C@H]4CC[C@H](C)CC4)C4CCOCC4)n3)cc2Cl)c1. The largest absolute Gasteiger partial charge is 0.495 e. The summed E-state index contributed by atoms with van der Waals surface area (Å²) in [5.74, 6) is 0.0702. The second kappa shape index (κ2) is 11.8. The van der Waals surface area contributed by atoms with Crippen molar-refractivity contribution in [3.63, 3.8) is 0 Å². The molecule has 0 radical (unpaired) electrons. The summed E-state index contributed by atoms with van der Waals surface area (Å²) < 4.78 is 12.3. The van der Waals surface area contributed by atoms with Crippen molar-refractivity contribution in [2.75, 3.05) is 25.2 Å². The first kappa shape index (κ1) is 27.1. The number of aromatic nitrogens is 3. The summed E-state index contributed by atoms with van der Waals surface area (Å²) in [6.07, 6.45) is 9.63. The highest BCUT2D eigenvalue weighted by molar-refractivity contribution is 6.33. The van der Waals surface area contributed by atoms with Crippen LogP contribution in [0.2, 0.25) is 5.02 Å². The number of halogens is 1. The molecule has 1 saturated heterocycles. The molecule has 0 bridgehead atoms. The molecule has 9 nitrogen and oxygen atoms in total. The van der Waals surface area contributed by atoms with E-state index in [0.29, 0.717) is 48.4 Å². The highest BCUT2D eigenvalue weighted by atomic mass is 35.5. The molecule has 1 aliphatic heterocycles. The van der Waals surface area contributed by atoms with Gasteiger partial charge >= 0.3 is 5.97 Å². The lowest BCUT2D eigenvalue weighted by atomic mass is 9.82. The standard InChI is InChI=1S/C29H33ClN4O5/c1-18-3-5-19(6-4-18)28(35)34(21-9-11-39-12-10-21)27-25(29(36)37)17-33(32-27)22-7-8-24(26(30)14-22)20-13-23(38-2)16-31-15-20/h7-8,13-19,21H,3-6,9-12H2,1-2H3,(H,36,37)/t18-,19-. The summed E-state index contributed by atoms with van der Waals surface area (Å²) in [5, 5.41) is 15.3. The second-order valence-corrected chi connectivity index (χ2v) is 10.8. The molecule has 206 valence electrons. The summed E-state index contributed by atoms with van der Waals surface area (Å²) in [6.45, 7) is 3.26. The van der Waals surface area contributed by atoms with Crippen molar-refractivity contribution in [3.8, 4) is 22.6 Å². The maximum absolute atomic E-state index is 13.9. The quantitative estimate of drug-likeness (QED) is 0.404. The maximum Gasteiger partial charge on any atom is 0.341 e. The Bertz CT molecular complexity index is 1350. The zero-order valence-corrected chi connectivity index (χ0v) is 22.9. The molecule has 3 heterocycles. The Morgan fingerprint density at radius 3 is 2.51 bits per heavy atom. The predicted octanol–water partition coefficient (Wildman–Crippen LogP) is 5.63. The van der Waals surface area contributed by atoms with Crippen LogP contribution in [0.25, 0.3) is 16.8 Å². The lowest BCUT2D eigenvalue weighted by Gasteiger charge is -2.37. The average molecular weight is 553 g/mol. The predicted molar refractivity (Wildman–Crippen MR) is 148 cm³/mol. The van der Waals surface area contributed by atoms with Crippen molar-refractivity contribution >= 4 is 29.3 Å². The zero-order chi connectivity index (χ0) is 27.5. The number of carbonyl (C=O) groups excluding carboxylic acids is 1. The summed E-state index contributed by atoms with van der Waals surface area (Å²) in [6, 6.07) is 7.04. The molecule has 2 aliphatic rings. The van der Waals surface area contributed by atoms with Gasteiger partial charge in [-0.3, -0.25) is 14.7 Å². The Balaban J connectivity index is 1.52. The van der Waals surface area contributed by atoms with Gasteiger partial charge < -0.3 is 14.6 Å². The third-order valence-corrected chi connectivity index (χ3v) is 8.10. The Morgan fingerprint density at radius 1 is 1.10 bits per heavy atom. The summed E-state index contributed by atoms with van der Waals surface area (Å²) in [5.41, 5.74) is 2.11. The lowest BCUT2D eigenvalue weighted by molar-refractivity contribution is -0.124. The van der Waals surface area contributed by atoms with Gasteiger partial charge in [0.15, 0.2) is 5.82 Å². The smallest absolute Gasteiger partial charge is 0.341 e. The molecule has 10 heteroatoms. The van der Waals surface area contributed by atoms with E-state index in [9.17, 15) is 14.7 Å². The molecule has 1 aliphatic carbocycles. The minimum atomic E-state index is -1.14. The van der Waals surface area contributed by atoms with Gasteiger partial charge in [-0.2, -0.15) is 0 Å². The minimum Gasteiger partial charge on any atom is -0.495 e. The van der Waals surface area contributed by atoms with Crippen molar-refractivity contribution in [2.24, 2.45) is 11.8 Å². The number of hydrogen-bond donors (Lipinski definition) is 1. The fourth-order valence-electron chi connectivity index (χ4n) is 5.49. The number of ether oxygens (including phenoxy) is 2. The molecule has 5 rings (SSSR count). The first-order chi connectivity index (χ1) is 18.9. The maximum atomic E-state index is 13.9. The third kappa shape index (κ3) is 5.79. The number of nitrogens with zero attached hydrogens (tertiary/aromatic N) is 4. The molecule has 2 aromatic heterocycles. The second-order valence-electron chi connectivity index (χ2n) is 10.4.